The van der Waals surface area contributed by atoms with E-state index >= 15 is 0 Å². The van der Waals surface area contributed by atoms with E-state index < -0.39 is 17.8 Å². The number of benzene rings is 1. The Kier molecular flexibility index (Phi) is 5.32. The van der Waals surface area contributed by atoms with Crippen LogP contribution in [0, 0.1) is 0 Å². The zero-order chi connectivity index (χ0) is 14.4. The number of hydrogen-bond donors (Lipinski definition) is 2. The minimum Gasteiger partial charge on any atom is -0.481 e. The molecule has 0 bridgehead atoms. The molecule has 0 heterocycles. The molecule has 0 atom stereocenters. The van der Waals surface area contributed by atoms with Crippen LogP contribution in [-0.4, -0.2) is 30.1 Å². The molecule has 0 radical (unpaired) electrons. The molecule has 0 spiro atoms. The van der Waals surface area contributed by atoms with Crippen LogP contribution in [0.2, 0.25) is 5.02 Å². The normalized spacial score (nSPS) is 9.79. The SMILES string of the molecule is COC(=O)c1cc(NC(=O)CCC(=O)O)ccc1Cl. The Morgan fingerprint density at radius 1 is 1.32 bits per heavy atom. The molecule has 2 N–H and O–H groups in total. The Labute approximate surface area is 114 Å². The maximum Gasteiger partial charge on any atom is 0.339 e. The van der Waals surface area contributed by atoms with E-state index in [9.17, 15) is 14.4 Å². The van der Waals surface area contributed by atoms with E-state index in [-0.39, 0.29) is 23.4 Å². The van der Waals surface area contributed by atoms with Crippen molar-refractivity contribution in [3.8, 4) is 0 Å². The van der Waals surface area contributed by atoms with Crippen LogP contribution in [0.25, 0.3) is 0 Å². The fraction of sp³-hybridized carbons (Fsp3) is 0.250. The molecule has 6 nitrogen and oxygen atoms in total. The first kappa shape index (κ1) is 15.0. The highest BCUT2D eigenvalue weighted by atomic mass is 35.5. The highest BCUT2D eigenvalue weighted by molar-refractivity contribution is 6.33. The van der Waals surface area contributed by atoms with Crippen molar-refractivity contribution in [2.24, 2.45) is 0 Å². The maximum absolute atomic E-state index is 11.4. The van der Waals surface area contributed by atoms with Gasteiger partial charge in [-0.2, -0.15) is 0 Å². The minimum absolute atomic E-state index is 0.125. The maximum atomic E-state index is 11.4. The van der Waals surface area contributed by atoms with Crippen LogP contribution in [0.3, 0.4) is 0 Å². The molecule has 1 aromatic rings. The molecule has 0 saturated carbocycles. The first-order valence-corrected chi connectivity index (χ1v) is 5.71. The second kappa shape index (κ2) is 6.75. The van der Waals surface area contributed by atoms with E-state index in [4.69, 9.17) is 16.7 Å². The average molecular weight is 286 g/mol. The number of carbonyl (C=O) groups excluding carboxylic acids is 2. The van der Waals surface area contributed by atoms with E-state index in [1.807, 2.05) is 0 Å². The summed E-state index contributed by atoms with van der Waals surface area (Å²) in [6, 6.07) is 4.32. The van der Waals surface area contributed by atoms with Gasteiger partial charge in [0, 0.05) is 12.1 Å². The number of rotatable bonds is 5. The van der Waals surface area contributed by atoms with Gasteiger partial charge in [0.1, 0.15) is 0 Å². The standard InChI is InChI=1S/C12H12ClNO5/c1-19-12(18)8-6-7(2-3-9(8)13)14-10(15)4-5-11(16)17/h2-3,6H,4-5H2,1H3,(H,14,15)(H,16,17). The summed E-state index contributed by atoms with van der Waals surface area (Å²) < 4.78 is 4.54. The lowest BCUT2D eigenvalue weighted by Crippen LogP contribution is -2.13. The Balaban J connectivity index is 2.77. The first-order valence-electron chi connectivity index (χ1n) is 5.33. The number of esters is 1. The molecule has 0 saturated heterocycles. The van der Waals surface area contributed by atoms with Crippen molar-refractivity contribution in [1.29, 1.82) is 0 Å². The van der Waals surface area contributed by atoms with E-state index in [0.29, 0.717) is 5.69 Å². The molecule has 0 aliphatic rings. The van der Waals surface area contributed by atoms with Crippen LogP contribution < -0.4 is 5.32 Å². The van der Waals surface area contributed by atoms with E-state index in [1.165, 1.54) is 25.3 Å². The molecule has 0 unspecified atom stereocenters. The Morgan fingerprint density at radius 2 is 2.00 bits per heavy atom. The third-order valence-corrected chi connectivity index (χ3v) is 2.55. The number of carbonyl (C=O) groups is 3. The molecule has 0 aliphatic heterocycles. The number of aliphatic carboxylic acids is 1. The number of hydrogen-bond acceptors (Lipinski definition) is 4. The minimum atomic E-state index is -1.05. The summed E-state index contributed by atoms with van der Waals surface area (Å²) in [5.74, 6) is -2.13. The molecule has 7 heteroatoms. The van der Waals surface area contributed by atoms with Gasteiger partial charge in [0.25, 0.3) is 0 Å². The van der Waals surface area contributed by atoms with Crippen LogP contribution in [-0.2, 0) is 14.3 Å². The number of carboxylic acids is 1. The Hall–Kier alpha value is -2.08. The van der Waals surface area contributed by atoms with Gasteiger partial charge in [-0.05, 0) is 18.2 Å². The third-order valence-electron chi connectivity index (χ3n) is 2.22. The fourth-order valence-corrected chi connectivity index (χ4v) is 1.51. The summed E-state index contributed by atoms with van der Waals surface area (Å²) in [5.41, 5.74) is 0.473. The predicted molar refractivity (Wildman–Crippen MR) is 68.3 cm³/mol. The van der Waals surface area contributed by atoms with Crippen molar-refractivity contribution in [1.82, 2.24) is 0 Å². The number of nitrogens with one attached hydrogen (secondary N) is 1. The number of anilines is 1. The highest BCUT2D eigenvalue weighted by Crippen LogP contribution is 2.21. The zero-order valence-electron chi connectivity index (χ0n) is 10.1. The largest absolute Gasteiger partial charge is 0.481 e. The molecule has 0 aliphatic carbocycles. The van der Waals surface area contributed by atoms with Crippen molar-refractivity contribution < 1.29 is 24.2 Å². The molecule has 1 rings (SSSR count). The predicted octanol–water partition coefficient (Wildman–Crippen LogP) is 1.93. The van der Waals surface area contributed by atoms with Crippen molar-refractivity contribution in [3.63, 3.8) is 0 Å². The quantitative estimate of drug-likeness (QED) is 0.806. The molecule has 19 heavy (non-hydrogen) atoms. The van der Waals surface area contributed by atoms with Crippen LogP contribution >= 0.6 is 11.6 Å². The molecule has 0 aromatic heterocycles. The number of methoxy groups -OCH3 is 1. The lowest BCUT2D eigenvalue weighted by Gasteiger charge is -2.07. The van der Waals surface area contributed by atoms with Gasteiger partial charge in [0.05, 0.1) is 24.1 Å². The number of amides is 1. The Bertz CT molecular complexity index is 515. The van der Waals surface area contributed by atoms with Gasteiger partial charge in [-0.25, -0.2) is 4.79 Å². The summed E-state index contributed by atoms with van der Waals surface area (Å²) >= 11 is 5.82. The number of carboxylic acid groups (broad SMARTS) is 1. The molecular formula is C12H12ClNO5. The van der Waals surface area contributed by atoms with Gasteiger partial charge in [0.15, 0.2) is 0 Å². The summed E-state index contributed by atoms with van der Waals surface area (Å²) in [7, 11) is 1.22. The van der Waals surface area contributed by atoms with Gasteiger partial charge in [-0.1, -0.05) is 11.6 Å². The summed E-state index contributed by atoms with van der Waals surface area (Å²) in [4.78, 5) is 33.1. The van der Waals surface area contributed by atoms with Gasteiger partial charge < -0.3 is 15.2 Å². The van der Waals surface area contributed by atoms with E-state index in [0.717, 1.165) is 0 Å². The second-order valence-corrected chi connectivity index (χ2v) is 4.04. The lowest BCUT2D eigenvalue weighted by molar-refractivity contribution is -0.138. The van der Waals surface area contributed by atoms with Crippen molar-refractivity contribution in [2.45, 2.75) is 12.8 Å². The second-order valence-electron chi connectivity index (χ2n) is 3.63. The highest BCUT2D eigenvalue weighted by Gasteiger charge is 2.12. The molecule has 1 amide bonds. The molecule has 102 valence electrons. The zero-order valence-corrected chi connectivity index (χ0v) is 10.9. The van der Waals surface area contributed by atoms with Crippen LogP contribution in [0.5, 0.6) is 0 Å². The molecule has 1 aromatic carbocycles. The molecule has 0 fully saturated rings. The number of ether oxygens (including phenoxy) is 1. The van der Waals surface area contributed by atoms with Crippen molar-refractivity contribution >= 4 is 35.1 Å². The topological polar surface area (TPSA) is 92.7 Å². The summed E-state index contributed by atoms with van der Waals surface area (Å²) in [6.07, 6.45) is -0.408. The average Bonchev–Trinajstić information content (AvgIpc) is 2.37. The van der Waals surface area contributed by atoms with Gasteiger partial charge in [-0.3, -0.25) is 9.59 Å². The van der Waals surface area contributed by atoms with Crippen LogP contribution in [0.15, 0.2) is 18.2 Å². The Morgan fingerprint density at radius 3 is 2.58 bits per heavy atom. The monoisotopic (exact) mass is 285 g/mol. The summed E-state index contributed by atoms with van der Waals surface area (Å²) in [6.45, 7) is 0. The van der Waals surface area contributed by atoms with Crippen LogP contribution in [0.1, 0.15) is 23.2 Å². The smallest absolute Gasteiger partial charge is 0.339 e. The summed E-state index contributed by atoms with van der Waals surface area (Å²) in [5, 5.41) is 11.1. The van der Waals surface area contributed by atoms with Gasteiger partial charge in [-0.15, -0.1) is 0 Å². The van der Waals surface area contributed by atoms with Gasteiger partial charge in [0.2, 0.25) is 5.91 Å². The lowest BCUT2D eigenvalue weighted by atomic mass is 10.2. The van der Waals surface area contributed by atoms with E-state index in [2.05, 4.69) is 10.1 Å². The number of halogens is 1. The van der Waals surface area contributed by atoms with Crippen molar-refractivity contribution in [2.75, 3.05) is 12.4 Å². The third kappa shape index (κ3) is 4.59. The molecular weight excluding hydrogens is 274 g/mol. The first-order chi connectivity index (χ1) is 8.93. The van der Waals surface area contributed by atoms with Crippen molar-refractivity contribution in [3.05, 3.63) is 28.8 Å². The van der Waals surface area contributed by atoms with E-state index in [1.54, 1.807) is 0 Å². The van der Waals surface area contributed by atoms with Crippen LogP contribution in [0.4, 0.5) is 5.69 Å². The fourth-order valence-electron chi connectivity index (χ4n) is 1.31. The van der Waals surface area contributed by atoms with Gasteiger partial charge >= 0.3 is 11.9 Å².